The van der Waals surface area contributed by atoms with Crippen molar-refractivity contribution in [2.45, 2.75) is 19.3 Å². The Kier molecular flexibility index (Phi) is 7.03. The predicted octanol–water partition coefficient (Wildman–Crippen LogP) is 7.10. The van der Waals surface area contributed by atoms with Crippen LogP contribution < -0.4 is 10.1 Å². The molecule has 0 aliphatic heterocycles. The first-order valence-electron chi connectivity index (χ1n) is 10.9. The topological polar surface area (TPSA) is 80.1 Å². The molecule has 0 fully saturated rings. The number of rotatable bonds is 7. The molecule has 4 aromatic rings. The van der Waals surface area contributed by atoms with Crippen LogP contribution in [0.1, 0.15) is 24.0 Å². The summed E-state index contributed by atoms with van der Waals surface area (Å²) in [5.41, 5.74) is -0.0757. The minimum absolute atomic E-state index is 0.0375. The predicted molar refractivity (Wildman–Crippen MR) is 131 cm³/mol. The summed E-state index contributed by atoms with van der Waals surface area (Å²) in [6, 6.07) is 9.61. The van der Waals surface area contributed by atoms with Gasteiger partial charge in [-0.3, -0.25) is 4.99 Å². The number of halogens is 6. The minimum atomic E-state index is -4.59. The van der Waals surface area contributed by atoms with Gasteiger partial charge in [0.15, 0.2) is 5.82 Å². The number of aliphatic imine (C=N–C) groups is 1. The maximum atomic E-state index is 12.9. The Labute approximate surface area is 212 Å². The number of H-pyrrole nitrogens is 1. The van der Waals surface area contributed by atoms with E-state index in [4.69, 9.17) is 4.74 Å². The van der Waals surface area contributed by atoms with Crippen LogP contribution in [0.2, 0.25) is 0 Å². The third kappa shape index (κ3) is 5.71. The lowest BCUT2D eigenvalue weighted by Crippen LogP contribution is -2.05. The Morgan fingerprint density at radius 3 is 2.37 bits per heavy atom. The fourth-order valence-electron chi connectivity index (χ4n) is 3.45. The van der Waals surface area contributed by atoms with Gasteiger partial charge in [0.05, 0.1) is 22.8 Å². The van der Waals surface area contributed by atoms with E-state index in [1.807, 2.05) is 0 Å². The van der Waals surface area contributed by atoms with E-state index >= 15 is 0 Å². The monoisotopic (exact) mass is 534 g/mol. The molecule has 0 atom stereocenters. The molecular weight excluding hydrogens is 514 g/mol. The molecule has 0 aliphatic rings. The Morgan fingerprint density at radius 2 is 1.79 bits per heavy atom. The summed E-state index contributed by atoms with van der Waals surface area (Å²) in [6.07, 6.45) is -5.39. The van der Waals surface area contributed by atoms with Gasteiger partial charge >= 0.3 is 12.4 Å². The first-order chi connectivity index (χ1) is 17.9. The van der Waals surface area contributed by atoms with Gasteiger partial charge in [-0.15, -0.1) is 0 Å². The van der Waals surface area contributed by atoms with Gasteiger partial charge in [0.25, 0.3) is 0 Å². The van der Waals surface area contributed by atoms with Crippen molar-refractivity contribution in [3.63, 3.8) is 0 Å². The number of aryl methyl sites for hydroxylation is 1. The van der Waals surface area contributed by atoms with Gasteiger partial charge in [-0.05, 0) is 56.1 Å². The van der Waals surface area contributed by atoms with Gasteiger partial charge in [0, 0.05) is 24.9 Å². The van der Waals surface area contributed by atoms with E-state index in [-0.39, 0.29) is 17.3 Å². The number of aromatic nitrogens is 4. The number of benzene rings is 2. The number of hydrogen-bond donors (Lipinski definition) is 2. The zero-order valence-corrected chi connectivity index (χ0v) is 19.9. The number of hydrogen-bond acceptors (Lipinski definition) is 5. The summed E-state index contributed by atoms with van der Waals surface area (Å²) >= 11 is 0. The van der Waals surface area contributed by atoms with Gasteiger partial charge in [0.1, 0.15) is 22.9 Å². The molecule has 2 N–H and O–H groups in total. The largest absolute Gasteiger partial charge is 0.458 e. The molecule has 0 saturated heterocycles. The maximum absolute atomic E-state index is 12.9. The van der Waals surface area contributed by atoms with Crippen LogP contribution in [0.4, 0.5) is 38.0 Å². The van der Waals surface area contributed by atoms with Gasteiger partial charge < -0.3 is 19.6 Å². The van der Waals surface area contributed by atoms with Crippen molar-refractivity contribution in [1.29, 1.82) is 0 Å². The number of imidazole rings is 2. The quantitative estimate of drug-likeness (QED) is 0.115. The van der Waals surface area contributed by atoms with Crippen LogP contribution in [0.5, 0.6) is 5.75 Å². The summed E-state index contributed by atoms with van der Waals surface area (Å²) in [6.45, 7) is 5.06. The second kappa shape index (κ2) is 10.1. The van der Waals surface area contributed by atoms with Crippen molar-refractivity contribution in [3.8, 4) is 5.75 Å². The van der Waals surface area contributed by atoms with Gasteiger partial charge in [-0.1, -0.05) is 0 Å². The van der Waals surface area contributed by atoms with E-state index in [2.05, 4.69) is 32.0 Å². The molecule has 0 spiro atoms. The highest BCUT2D eigenvalue weighted by molar-refractivity contribution is 5.81. The molecule has 38 heavy (non-hydrogen) atoms. The molecule has 0 radical (unpaired) electrons. The Hall–Kier alpha value is -4.55. The third-order valence-corrected chi connectivity index (χ3v) is 5.41. The van der Waals surface area contributed by atoms with Crippen molar-refractivity contribution in [2.24, 2.45) is 12.0 Å². The molecule has 2 aromatic carbocycles. The minimum Gasteiger partial charge on any atom is -0.458 e. The molecular formula is C25H20F6N6O. The van der Waals surface area contributed by atoms with Crippen LogP contribution in [-0.4, -0.2) is 26.2 Å². The first kappa shape index (κ1) is 26.5. The summed E-state index contributed by atoms with van der Waals surface area (Å²) in [7, 11) is 1.74. The van der Waals surface area contributed by atoms with E-state index < -0.39 is 23.6 Å². The van der Waals surface area contributed by atoms with Crippen molar-refractivity contribution >= 4 is 35.1 Å². The van der Waals surface area contributed by atoms with Crippen LogP contribution in [-0.2, 0) is 19.4 Å². The summed E-state index contributed by atoms with van der Waals surface area (Å²) in [5.74, 6) is 0.893. The Balaban J connectivity index is 1.55. The Morgan fingerprint density at radius 1 is 1.08 bits per heavy atom. The van der Waals surface area contributed by atoms with Gasteiger partial charge in [-0.2, -0.15) is 26.3 Å². The third-order valence-electron chi connectivity index (χ3n) is 5.41. The van der Waals surface area contributed by atoms with Crippen molar-refractivity contribution < 1.29 is 31.1 Å². The molecule has 198 valence electrons. The number of nitrogens with one attached hydrogen (secondary N) is 2. The number of aromatic amines is 1. The fourth-order valence-corrected chi connectivity index (χ4v) is 3.45. The zero-order valence-electron chi connectivity index (χ0n) is 19.9. The van der Waals surface area contributed by atoms with E-state index in [1.165, 1.54) is 18.2 Å². The summed E-state index contributed by atoms with van der Waals surface area (Å²) in [4.78, 5) is 14.1. The molecule has 7 nitrogen and oxygen atoms in total. The second-order valence-corrected chi connectivity index (χ2v) is 7.97. The smallest absolute Gasteiger partial charge is 0.432 e. The van der Waals surface area contributed by atoms with Crippen molar-refractivity contribution in [1.82, 2.24) is 19.5 Å². The molecule has 0 saturated carbocycles. The number of alkyl halides is 6. The first-order valence-corrected chi connectivity index (χ1v) is 10.9. The summed E-state index contributed by atoms with van der Waals surface area (Å²) < 4.78 is 84.7. The number of ether oxygens (including phenoxy) is 1. The molecule has 2 aromatic heterocycles. The lowest BCUT2D eigenvalue weighted by atomic mass is 10.2. The van der Waals surface area contributed by atoms with Gasteiger partial charge in [0.2, 0.25) is 5.95 Å². The van der Waals surface area contributed by atoms with Crippen LogP contribution >= 0.6 is 0 Å². The highest BCUT2D eigenvalue weighted by Crippen LogP contribution is 2.32. The molecule has 0 bridgehead atoms. The fraction of sp³-hybridized carbons (Fsp3) is 0.160. The van der Waals surface area contributed by atoms with Gasteiger partial charge in [-0.25, -0.2) is 9.97 Å². The molecule has 0 unspecified atom stereocenters. The lowest BCUT2D eigenvalue weighted by molar-refractivity contribution is -0.141. The van der Waals surface area contributed by atoms with E-state index in [1.54, 1.807) is 42.8 Å². The molecule has 2 heterocycles. The number of nitrogens with zero attached hydrogens (tertiary/aromatic N) is 4. The summed E-state index contributed by atoms with van der Waals surface area (Å²) in [5, 5.41) is 2.99. The average molecular weight is 534 g/mol. The van der Waals surface area contributed by atoms with Crippen LogP contribution in [0.25, 0.3) is 16.7 Å². The van der Waals surface area contributed by atoms with Crippen molar-refractivity contribution in [2.75, 3.05) is 5.32 Å². The highest BCUT2D eigenvalue weighted by atomic mass is 19.4. The van der Waals surface area contributed by atoms with Crippen LogP contribution in [0, 0.1) is 0 Å². The normalized spacial score (nSPS) is 13.2. The molecule has 0 amide bonds. The molecule has 13 heteroatoms. The number of fused-ring (bicyclic) bond motifs is 1. The van der Waals surface area contributed by atoms with Crippen molar-refractivity contribution in [3.05, 3.63) is 83.7 Å². The molecule has 4 rings (SSSR count). The average Bonchev–Trinajstić information content (AvgIpc) is 3.47. The highest BCUT2D eigenvalue weighted by Gasteiger charge is 2.33. The zero-order chi connectivity index (χ0) is 27.7. The maximum Gasteiger partial charge on any atom is 0.432 e. The van der Waals surface area contributed by atoms with E-state index in [0.717, 1.165) is 12.1 Å². The van der Waals surface area contributed by atoms with E-state index in [0.29, 0.717) is 34.6 Å². The van der Waals surface area contributed by atoms with Crippen LogP contribution in [0.3, 0.4) is 0 Å². The number of allylic oxidation sites excluding steroid dienone is 2. The SMILES string of the molecule is C=NC(=CC(=CC)Oc1ccc2c(c1)nc(Nc1ccc(C(F)(F)F)cc1)n2C)c1ncc(C(F)(F)F)[nH]1. The lowest BCUT2D eigenvalue weighted by Gasteiger charge is -2.09. The Bertz CT molecular complexity index is 1530. The number of anilines is 2. The van der Waals surface area contributed by atoms with Crippen LogP contribution in [0.15, 0.2) is 71.6 Å². The standard InChI is InChI=1S/C25H20F6N6O/c1-4-16(11-19(32-2)22-33-13-21(36-22)25(29,30)31)38-17-9-10-20-18(12-17)35-23(37(20)3)34-15-7-5-14(6-8-15)24(26,27)28/h4-13H,2H2,1,3H3,(H,33,36)(H,34,35). The molecule has 0 aliphatic carbocycles. The second-order valence-electron chi connectivity index (χ2n) is 7.97. The van der Waals surface area contributed by atoms with E-state index in [9.17, 15) is 26.3 Å².